The Bertz CT molecular complexity index is 1710. The van der Waals surface area contributed by atoms with Crippen molar-refractivity contribution < 1.29 is 18.8 Å². The van der Waals surface area contributed by atoms with Gasteiger partial charge in [0.15, 0.2) is 5.78 Å². The Morgan fingerprint density at radius 3 is 2.42 bits per heavy atom. The summed E-state index contributed by atoms with van der Waals surface area (Å²) in [4.78, 5) is 49.4. The van der Waals surface area contributed by atoms with Gasteiger partial charge in [-0.05, 0) is 81.0 Å². The van der Waals surface area contributed by atoms with Crippen molar-refractivity contribution in [2.75, 3.05) is 50.5 Å². The van der Waals surface area contributed by atoms with Gasteiger partial charge >= 0.3 is 6.03 Å². The third-order valence-electron chi connectivity index (χ3n) is 8.46. The predicted octanol–water partition coefficient (Wildman–Crippen LogP) is 5.52. The predicted molar refractivity (Wildman–Crippen MR) is 176 cm³/mol. The van der Waals surface area contributed by atoms with Crippen molar-refractivity contribution in [3.63, 3.8) is 0 Å². The van der Waals surface area contributed by atoms with E-state index in [0.29, 0.717) is 44.0 Å². The Labute approximate surface area is 263 Å². The fraction of sp³-hybridized carbons (Fsp3) is 0.343. The molecule has 5 rings (SSSR count). The Balaban J connectivity index is 1.39. The number of anilines is 2. The van der Waals surface area contributed by atoms with Crippen LogP contribution in [-0.2, 0) is 11.3 Å². The summed E-state index contributed by atoms with van der Waals surface area (Å²) < 4.78 is 13.7. The quantitative estimate of drug-likeness (QED) is 0.216. The molecule has 1 aliphatic heterocycles. The summed E-state index contributed by atoms with van der Waals surface area (Å²) in [5.74, 6) is -1.26. The van der Waals surface area contributed by atoms with Crippen LogP contribution < -0.4 is 15.5 Å². The molecule has 9 nitrogen and oxygen atoms in total. The number of piperazine rings is 1. The molecule has 1 aliphatic rings. The molecule has 3 aromatic carbocycles. The fourth-order valence-corrected chi connectivity index (χ4v) is 6.09. The van der Waals surface area contributed by atoms with Gasteiger partial charge in [0.2, 0.25) is 5.91 Å². The zero-order valence-corrected chi connectivity index (χ0v) is 26.5. The lowest BCUT2D eigenvalue weighted by atomic mass is 9.92. The van der Waals surface area contributed by atoms with Crippen molar-refractivity contribution in [2.24, 2.45) is 0 Å². The Morgan fingerprint density at radius 2 is 1.73 bits per heavy atom. The number of nitrogens with zero attached hydrogens (tertiary/aromatic N) is 3. The smallest absolute Gasteiger partial charge is 0.318 e. The molecule has 1 saturated heterocycles. The second kappa shape index (κ2) is 13.5. The van der Waals surface area contributed by atoms with Gasteiger partial charge in [0.1, 0.15) is 11.9 Å². The third kappa shape index (κ3) is 7.17. The van der Waals surface area contributed by atoms with E-state index in [-0.39, 0.29) is 17.6 Å². The van der Waals surface area contributed by atoms with E-state index in [1.807, 2.05) is 75.4 Å². The highest BCUT2D eigenvalue weighted by Crippen LogP contribution is 2.29. The summed E-state index contributed by atoms with van der Waals surface area (Å²) in [6, 6.07) is 16.7. The molecule has 0 spiro atoms. The average Bonchev–Trinajstić information content (AvgIpc) is 3.43. The van der Waals surface area contributed by atoms with E-state index in [9.17, 15) is 18.8 Å². The van der Waals surface area contributed by atoms with Crippen LogP contribution in [0.15, 0.2) is 66.9 Å². The number of benzene rings is 3. The molecule has 236 valence electrons. The van der Waals surface area contributed by atoms with E-state index in [0.717, 1.165) is 33.3 Å². The van der Waals surface area contributed by atoms with Gasteiger partial charge in [0, 0.05) is 67.0 Å². The van der Waals surface area contributed by atoms with Gasteiger partial charge in [-0.25, -0.2) is 9.18 Å². The van der Waals surface area contributed by atoms with Gasteiger partial charge < -0.3 is 30.3 Å². The number of aromatic nitrogens is 1. The number of aromatic amines is 1. The summed E-state index contributed by atoms with van der Waals surface area (Å²) in [5, 5.41) is 6.98. The fourth-order valence-electron chi connectivity index (χ4n) is 6.09. The number of hydrogen-bond donors (Lipinski definition) is 3. The van der Waals surface area contributed by atoms with Crippen molar-refractivity contribution >= 4 is 40.0 Å². The molecule has 0 aliphatic carbocycles. The van der Waals surface area contributed by atoms with Gasteiger partial charge in [-0.3, -0.25) is 9.59 Å². The number of ketones is 1. The molecule has 2 atom stereocenters. The van der Waals surface area contributed by atoms with E-state index >= 15 is 0 Å². The lowest BCUT2D eigenvalue weighted by Crippen LogP contribution is -2.56. The minimum atomic E-state index is -0.939. The second-order valence-electron chi connectivity index (χ2n) is 12.1. The lowest BCUT2D eigenvalue weighted by molar-refractivity contribution is -0.118. The number of aryl methyl sites for hydroxylation is 1. The highest BCUT2D eigenvalue weighted by Gasteiger charge is 2.33. The molecule has 0 radical (unpaired) electrons. The van der Waals surface area contributed by atoms with Crippen molar-refractivity contribution in [1.29, 1.82) is 0 Å². The topological polar surface area (TPSA) is 101 Å². The third-order valence-corrected chi connectivity index (χ3v) is 8.46. The van der Waals surface area contributed by atoms with Gasteiger partial charge in [0.25, 0.3) is 0 Å². The zero-order valence-electron chi connectivity index (χ0n) is 26.5. The number of Topliss-reactive ketones (excluding diaryl/α,β-unsaturated/α-hetero) is 1. The van der Waals surface area contributed by atoms with Gasteiger partial charge in [0.05, 0.1) is 5.69 Å². The van der Waals surface area contributed by atoms with Crippen LogP contribution in [0.2, 0.25) is 0 Å². The van der Waals surface area contributed by atoms with Crippen molar-refractivity contribution in [2.45, 2.75) is 39.3 Å². The molecule has 3 amide bonds. The molecule has 0 bridgehead atoms. The van der Waals surface area contributed by atoms with Gasteiger partial charge in [-0.15, -0.1) is 0 Å². The molecule has 1 fully saturated rings. The molecule has 2 heterocycles. The van der Waals surface area contributed by atoms with Crippen LogP contribution in [-0.4, -0.2) is 78.8 Å². The van der Waals surface area contributed by atoms with Gasteiger partial charge in [-0.2, -0.15) is 0 Å². The number of carbonyl (C=O) groups excluding carboxylic acids is 3. The molecule has 10 heteroatoms. The highest BCUT2D eigenvalue weighted by molar-refractivity contribution is 6.06. The molecular weight excluding hydrogens is 571 g/mol. The molecule has 45 heavy (non-hydrogen) atoms. The maximum atomic E-state index is 14.1. The van der Waals surface area contributed by atoms with Crippen LogP contribution in [0.1, 0.15) is 46.8 Å². The minimum absolute atomic E-state index is 0.166. The van der Waals surface area contributed by atoms with Crippen molar-refractivity contribution in [3.8, 4) is 0 Å². The van der Waals surface area contributed by atoms with E-state index in [4.69, 9.17) is 0 Å². The van der Waals surface area contributed by atoms with E-state index in [2.05, 4.69) is 20.5 Å². The first-order valence-electron chi connectivity index (χ1n) is 15.2. The minimum Gasteiger partial charge on any atom is -0.368 e. The molecule has 1 aromatic heterocycles. The standard InChI is InChI=1S/C35H41FN6O3/c1-22-18-26(36)11-13-32(22)41-14-16-42(17-15-41)35(45)39-33(23(2)29-20-37-30-9-7-6-8-28(29)30)34(44)38-31-19-25(21-40(4)5)10-12-27(31)24(3)43/h6-13,18-20,23,33,37H,14-17,21H2,1-5H3,(H,38,44)(H,39,45)/t23-,33+/m0/s1. The first kappa shape index (κ1) is 31.7. The number of amides is 3. The number of para-hydroxylation sites is 1. The first-order valence-corrected chi connectivity index (χ1v) is 15.2. The van der Waals surface area contributed by atoms with E-state index in [1.54, 1.807) is 17.0 Å². The number of fused-ring (bicyclic) bond motifs is 1. The van der Waals surface area contributed by atoms with Crippen LogP contribution in [0.25, 0.3) is 10.9 Å². The number of H-pyrrole nitrogens is 1. The number of rotatable bonds is 9. The second-order valence-corrected chi connectivity index (χ2v) is 12.1. The van der Waals surface area contributed by atoms with Crippen LogP contribution in [0.5, 0.6) is 0 Å². The Hall–Kier alpha value is -4.70. The Kier molecular flexibility index (Phi) is 9.53. The largest absolute Gasteiger partial charge is 0.368 e. The summed E-state index contributed by atoms with van der Waals surface area (Å²) in [7, 11) is 3.90. The van der Waals surface area contributed by atoms with E-state index < -0.39 is 17.9 Å². The monoisotopic (exact) mass is 612 g/mol. The van der Waals surface area contributed by atoms with Gasteiger partial charge in [-0.1, -0.05) is 31.2 Å². The average molecular weight is 613 g/mol. The number of urea groups is 1. The number of hydrogen-bond acceptors (Lipinski definition) is 5. The summed E-state index contributed by atoms with van der Waals surface area (Å²) in [6.07, 6.45) is 1.88. The molecule has 0 saturated carbocycles. The SMILES string of the molecule is CC(=O)c1ccc(CN(C)C)cc1NC(=O)[C@H](NC(=O)N1CCN(c2ccc(F)cc2C)CC1)[C@@H](C)c1c[nH]c2ccccc12. The number of carbonyl (C=O) groups is 3. The highest BCUT2D eigenvalue weighted by atomic mass is 19.1. The molecular formula is C35H41FN6O3. The molecule has 0 unspecified atom stereocenters. The summed E-state index contributed by atoms with van der Waals surface area (Å²) in [6.45, 7) is 7.95. The van der Waals surface area contributed by atoms with Crippen LogP contribution >= 0.6 is 0 Å². The van der Waals surface area contributed by atoms with Crippen LogP contribution in [0.4, 0.5) is 20.6 Å². The zero-order chi connectivity index (χ0) is 32.2. The maximum absolute atomic E-state index is 14.1. The maximum Gasteiger partial charge on any atom is 0.318 e. The Morgan fingerprint density at radius 1 is 1.00 bits per heavy atom. The normalized spacial score (nSPS) is 14.8. The summed E-state index contributed by atoms with van der Waals surface area (Å²) >= 11 is 0. The van der Waals surface area contributed by atoms with E-state index in [1.165, 1.54) is 19.1 Å². The first-order chi connectivity index (χ1) is 21.5. The lowest BCUT2D eigenvalue weighted by Gasteiger charge is -2.37. The number of halogens is 1. The van der Waals surface area contributed by atoms with Crippen molar-refractivity contribution in [3.05, 3.63) is 94.9 Å². The molecule has 4 aromatic rings. The number of nitrogens with one attached hydrogen (secondary N) is 3. The van der Waals surface area contributed by atoms with Crippen LogP contribution in [0, 0.1) is 12.7 Å². The van der Waals surface area contributed by atoms with Crippen LogP contribution in [0.3, 0.4) is 0 Å². The van der Waals surface area contributed by atoms with Crippen molar-refractivity contribution in [1.82, 2.24) is 20.1 Å². The summed E-state index contributed by atoms with van der Waals surface area (Å²) in [5.41, 5.74) is 5.39. The molecule has 3 N–H and O–H groups in total.